The van der Waals surface area contributed by atoms with Gasteiger partial charge in [-0.3, -0.25) is 0 Å². The van der Waals surface area contributed by atoms with Crippen LogP contribution < -0.4 is 5.46 Å². The van der Waals surface area contributed by atoms with Crippen LogP contribution in [0.15, 0.2) is 72.8 Å². The lowest BCUT2D eigenvalue weighted by Gasteiger charge is -2.32. The van der Waals surface area contributed by atoms with E-state index in [1.807, 2.05) is 6.07 Å². The lowest BCUT2D eigenvalue weighted by Crippen LogP contribution is -2.41. The Morgan fingerprint density at radius 1 is 0.679 bits per heavy atom. The molecule has 0 atom stereocenters. The van der Waals surface area contributed by atoms with Crippen molar-refractivity contribution in [2.24, 2.45) is 0 Å². The number of hydrogen-bond acceptors (Lipinski definition) is 2. The largest absolute Gasteiger partial charge is 0.497 e. The summed E-state index contributed by atoms with van der Waals surface area (Å²) in [6, 6.07) is 25.5. The quantitative estimate of drug-likeness (QED) is 0.460. The summed E-state index contributed by atoms with van der Waals surface area (Å²) in [5, 5.41) is 2.45. The molecule has 3 nitrogen and oxygen atoms in total. The molecule has 1 saturated heterocycles. The van der Waals surface area contributed by atoms with Crippen LogP contribution in [0.4, 0.5) is 0 Å². The van der Waals surface area contributed by atoms with E-state index in [1.165, 1.54) is 16.3 Å². The van der Waals surface area contributed by atoms with E-state index in [9.17, 15) is 0 Å². The van der Waals surface area contributed by atoms with Crippen LogP contribution in [0.25, 0.3) is 27.5 Å². The van der Waals surface area contributed by atoms with E-state index in [1.54, 1.807) is 0 Å². The van der Waals surface area contributed by atoms with E-state index in [0.29, 0.717) is 0 Å². The van der Waals surface area contributed by atoms with Crippen LogP contribution in [0.5, 0.6) is 0 Å². The number of rotatable bonds is 2. The van der Waals surface area contributed by atoms with Gasteiger partial charge in [-0.25, -0.2) is 0 Å². The van der Waals surface area contributed by atoms with Crippen molar-refractivity contribution in [3.8, 4) is 5.69 Å². The Hall–Kier alpha value is -2.56. The van der Waals surface area contributed by atoms with Gasteiger partial charge in [-0.05, 0) is 45.9 Å². The zero-order valence-electron chi connectivity index (χ0n) is 16.8. The zero-order valence-corrected chi connectivity index (χ0v) is 16.8. The molecule has 0 saturated carbocycles. The van der Waals surface area contributed by atoms with Crippen molar-refractivity contribution in [2.45, 2.75) is 38.9 Å². The summed E-state index contributed by atoms with van der Waals surface area (Å²) in [6.45, 7) is 8.39. The number of nitrogens with zero attached hydrogens (tertiary/aromatic N) is 1. The predicted molar refractivity (Wildman–Crippen MR) is 116 cm³/mol. The second-order valence-corrected chi connectivity index (χ2v) is 8.52. The monoisotopic (exact) mass is 369 g/mol. The molecule has 1 fully saturated rings. The number of hydrogen-bond donors (Lipinski definition) is 0. The van der Waals surface area contributed by atoms with Gasteiger partial charge in [-0.2, -0.15) is 0 Å². The van der Waals surface area contributed by atoms with Gasteiger partial charge in [0.25, 0.3) is 0 Å². The van der Waals surface area contributed by atoms with Crippen LogP contribution in [0.3, 0.4) is 0 Å². The van der Waals surface area contributed by atoms with E-state index >= 15 is 0 Å². The predicted octanol–water partition coefficient (Wildman–Crippen LogP) is 5.08. The fourth-order valence-corrected chi connectivity index (χ4v) is 4.05. The van der Waals surface area contributed by atoms with Crippen LogP contribution in [0.1, 0.15) is 27.7 Å². The molecule has 4 heteroatoms. The molecule has 0 aliphatic carbocycles. The molecule has 0 amide bonds. The molecule has 0 spiro atoms. The van der Waals surface area contributed by atoms with Crippen molar-refractivity contribution in [3.63, 3.8) is 0 Å². The molecule has 0 bridgehead atoms. The normalized spacial score (nSPS) is 18.2. The highest BCUT2D eigenvalue weighted by Crippen LogP contribution is 2.38. The second-order valence-electron chi connectivity index (χ2n) is 8.52. The minimum absolute atomic E-state index is 0.372. The molecule has 140 valence electrons. The molecule has 4 aromatic rings. The molecule has 0 radical (unpaired) electrons. The number of fused-ring (bicyclic) bond motifs is 3. The molecular formula is C24H24BNO2. The van der Waals surface area contributed by atoms with E-state index in [2.05, 4.69) is 99.0 Å². The van der Waals surface area contributed by atoms with Gasteiger partial charge >= 0.3 is 7.12 Å². The lowest BCUT2D eigenvalue weighted by atomic mass is 9.77. The number of para-hydroxylation sites is 3. The summed E-state index contributed by atoms with van der Waals surface area (Å²) in [4.78, 5) is 0. The topological polar surface area (TPSA) is 23.4 Å². The Morgan fingerprint density at radius 2 is 1.29 bits per heavy atom. The zero-order chi connectivity index (χ0) is 19.5. The van der Waals surface area contributed by atoms with Gasteiger partial charge in [0, 0.05) is 21.9 Å². The fraction of sp³-hybridized carbons (Fsp3) is 0.250. The van der Waals surface area contributed by atoms with Crippen LogP contribution in [0, 0.1) is 0 Å². The Balaban J connectivity index is 1.83. The summed E-state index contributed by atoms with van der Waals surface area (Å²) in [5.74, 6) is 0. The summed E-state index contributed by atoms with van der Waals surface area (Å²) >= 11 is 0. The molecule has 0 unspecified atom stereocenters. The van der Waals surface area contributed by atoms with Crippen molar-refractivity contribution < 1.29 is 9.31 Å². The Bertz CT molecular complexity index is 1160. The molecule has 2 heterocycles. The van der Waals surface area contributed by atoms with Gasteiger partial charge in [-0.15, -0.1) is 0 Å². The maximum absolute atomic E-state index is 6.41. The van der Waals surface area contributed by atoms with Crippen molar-refractivity contribution in [2.75, 3.05) is 0 Å². The van der Waals surface area contributed by atoms with E-state index in [4.69, 9.17) is 9.31 Å². The van der Waals surface area contributed by atoms with Gasteiger partial charge in [0.2, 0.25) is 0 Å². The highest BCUT2D eigenvalue weighted by atomic mass is 16.7. The summed E-state index contributed by atoms with van der Waals surface area (Å²) in [7, 11) is -0.402. The van der Waals surface area contributed by atoms with Crippen molar-refractivity contribution in [3.05, 3.63) is 72.8 Å². The van der Waals surface area contributed by atoms with Crippen molar-refractivity contribution in [1.82, 2.24) is 4.57 Å². The maximum Gasteiger partial charge on any atom is 0.497 e. The number of benzene rings is 3. The highest BCUT2D eigenvalue weighted by Gasteiger charge is 2.52. The Labute approximate surface area is 166 Å². The standard InChI is InChI=1S/C24H24BNO2/c1-23(2)24(3,4)28-25(27-23)20-15-10-14-19-18-13-8-9-16-21(18)26(22(19)20)17-11-6-5-7-12-17/h5-16H,1-4H3. The van der Waals surface area contributed by atoms with Crippen molar-refractivity contribution >= 4 is 34.4 Å². The van der Waals surface area contributed by atoms with Gasteiger partial charge in [-0.1, -0.05) is 54.6 Å². The minimum atomic E-state index is -0.402. The molecule has 0 N–H and O–H groups in total. The third-order valence-electron chi connectivity index (χ3n) is 6.25. The molecule has 3 aromatic carbocycles. The molecule has 5 rings (SSSR count). The second kappa shape index (κ2) is 5.97. The van der Waals surface area contributed by atoms with E-state index in [0.717, 1.165) is 16.7 Å². The van der Waals surface area contributed by atoms with Gasteiger partial charge in [0.15, 0.2) is 0 Å². The highest BCUT2D eigenvalue weighted by molar-refractivity contribution is 6.65. The fourth-order valence-electron chi connectivity index (χ4n) is 4.05. The molecule has 1 aromatic heterocycles. The summed E-state index contributed by atoms with van der Waals surface area (Å²) < 4.78 is 15.1. The Kier molecular flexibility index (Phi) is 3.74. The lowest BCUT2D eigenvalue weighted by molar-refractivity contribution is 0.00578. The molecule has 1 aliphatic heterocycles. The van der Waals surface area contributed by atoms with E-state index < -0.39 is 7.12 Å². The summed E-state index contributed by atoms with van der Waals surface area (Å²) in [5.41, 5.74) is 3.79. The van der Waals surface area contributed by atoms with Gasteiger partial charge in [0.1, 0.15) is 0 Å². The molecule has 28 heavy (non-hydrogen) atoms. The smallest absolute Gasteiger partial charge is 0.399 e. The van der Waals surface area contributed by atoms with Crippen LogP contribution >= 0.6 is 0 Å². The maximum atomic E-state index is 6.41. The molecular weight excluding hydrogens is 345 g/mol. The molecule has 1 aliphatic rings. The third kappa shape index (κ3) is 2.45. The summed E-state index contributed by atoms with van der Waals surface area (Å²) in [6.07, 6.45) is 0. The van der Waals surface area contributed by atoms with Gasteiger partial charge < -0.3 is 13.9 Å². The van der Waals surface area contributed by atoms with Crippen LogP contribution in [-0.4, -0.2) is 22.9 Å². The minimum Gasteiger partial charge on any atom is -0.399 e. The average Bonchev–Trinajstić information content (AvgIpc) is 3.13. The van der Waals surface area contributed by atoms with Gasteiger partial charge in [0.05, 0.1) is 22.2 Å². The third-order valence-corrected chi connectivity index (χ3v) is 6.25. The van der Waals surface area contributed by atoms with Crippen LogP contribution in [-0.2, 0) is 9.31 Å². The number of aromatic nitrogens is 1. The first-order valence-electron chi connectivity index (χ1n) is 9.82. The van der Waals surface area contributed by atoms with Crippen LogP contribution in [0.2, 0.25) is 0 Å². The van der Waals surface area contributed by atoms with Crippen molar-refractivity contribution in [1.29, 1.82) is 0 Å². The first kappa shape index (κ1) is 17.5. The SMILES string of the molecule is CC1(C)OB(c2cccc3c4ccccc4n(-c4ccccc4)c23)OC1(C)C. The Morgan fingerprint density at radius 3 is 2.00 bits per heavy atom. The average molecular weight is 369 g/mol. The first-order valence-corrected chi connectivity index (χ1v) is 9.82. The van der Waals surface area contributed by atoms with E-state index in [-0.39, 0.29) is 11.2 Å². The first-order chi connectivity index (χ1) is 13.4.